The largest absolute Gasteiger partial charge is 0.455 e. The van der Waals surface area contributed by atoms with Crippen molar-refractivity contribution < 1.29 is 9.34 Å². The lowest BCUT2D eigenvalue weighted by Gasteiger charge is -2.07. The number of hydrogen-bond acceptors (Lipinski definition) is 7. The van der Waals surface area contributed by atoms with Gasteiger partial charge in [-0.3, -0.25) is 29.0 Å². The maximum absolute atomic E-state index is 13.4. The molecule has 0 aliphatic carbocycles. The Morgan fingerprint density at radius 3 is 2.28 bits per heavy atom. The van der Waals surface area contributed by atoms with Gasteiger partial charge in [0.2, 0.25) is 0 Å². The summed E-state index contributed by atoms with van der Waals surface area (Å²) < 4.78 is 10.6. The van der Waals surface area contributed by atoms with E-state index in [1.54, 1.807) is 42.9 Å². The normalized spacial score (nSPS) is 11.1. The van der Waals surface area contributed by atoms with E-state index in [0.717, 1.165) is 11.3 Å². The number of rotatable bonds is 5. The van der Waals surface area contributed by atoms with E-state index < -0.39 is 10.5 Å². The number of hydrogen-bond donors (Lipinski definition) is 0. The van der Waals surface area contributed by atoms with Crippen LogP contribution in [0.15, 0.2) is 86.8 Å². The minimum absolute atomic E-state index is 0.0188. The zero-order valence-electron chi connectivity index (χ0n) is 19.1. The molecule has 11 heteroatoms. The van der Waals surface area contributed by atoms with Gasteiger partial charge in [0.1, 0.15) is 17.2 Å². The zero-order valence-corrected chi connectivity index (χ0v) is 20.7. The topological polar surface area (TPSA) is 105 Å². The van der Waals surface area contributed by atoms with Crippen LogP contribution in [0.25, 0.3) is 33.3 Å². The molecule has 0 aliphatic heterocycles. The van der Waals surface area contributed by atoms with Crippen molar-refractivity contribution in [1.29, 1.82) is 0 Å². The first kappa shape index (κ1) is 23.4. The molecule has 0 N–H and O–H groups in total. The second-order valence-electron chi connectivity index (χ2n) is 7.93. The zero-order chi connectivity index (χ0) is 25.6. The van der Waals surface area contributed by atoms with Crippen molar-refractivity contribution in [3.05, 3.63) is 113 Å². The summed E-state index contributed by atoms with van der Waals surface area (Å²) in [6.45, 7) is 1.76. The molecule has 0 amide bonds. The van der Waals surface area contributed by atoms with Crippen LogP contribution in [0.2, 0.25) is 0 Å². The fourth-order valence-corrected chi connectivity index (χ4v) is 5.22. The molecule has 3 aromatic heterocycles. The Bertz CT molecular complexity index is 1760. The Labute approximate surface area is 212 Å². The molecule has 0 saturated heterocycles. The van der Waals surface area contributed by atoms with Gasteiger partial charge in [-0.15, -0.1) is 11.3 Å². The summed E-state index contributed by atoms with van der Waals surface area (Å²) in [5.74, 6) is 0.919. The maximum Gasteiger partial charge on any atom is 0.296 e. The molecule has 0 bridgehead atoms. The van der Waals surface area contributed by atoms with Gasteiger partial charge in [0.25, 0.3) is 16.8 Å². The number of furan rings is 1. The van der Waals surface area contributed by atoms with Crippen LogP contribution >= 0.6 is 23.6 Å². The number of para-hydroxylation sites is 1. The van der Waals surface area contributed by atoms with Gasteiger partial charge in [-0.25, -0.2) is 4.68 Å². The van der Waals surface area contributed by atoms with Crippen LogP contribution < -0.4 is 11.1 Å². The Morgan fingerprint density at radius 2 is 1.64 bits per heavy atom. The molecular formula is C25H18N4O5S2. The van der Waals surface area contributed by atoms with Crippen LogP contribution in [-0.4, -0.2) is 18.9 Å². The predicted octanol–water partition coefficient (Wildman–Crippen LogP) is 5.26. The van der Waals surface area contributed by atoms with Gasteiger partial charge in [0.05, 0.1) is 21.2 Å². The van der Waals surface area contributed by atoms with E-state index in [4.69, 9.17) is 16.6 Å². The molecule has 3 heterocycles. The number of nitro benzene ring substituents is 1. The molecule has 0 atom stereocenters. The summed E-state index contributed by atoms with van der Waals surface area (Å²) >= 11 is 6.70. The summed E-state index contributed by atoms with van der Waals surface area (Å²) in [5.41, 5.74) is 1.30. The van der Waals surface area contributed by atoms with E-state index in [1.165, 1.54) is 27.4 Å². The molecule has 0 radical (unpaired) electrons. The van der Waals surface area contributed by atoms with E-state index in [2.05, 4.69) is 0 Å². The Kier molecular flexibility index (Phi) is 5.86. The van der Waals surface area contributed by atoms with Gasteiger partial charge < -0.3 is 4.42 Å². The Hall–Kier alpha value is -4.35. The number of aromatic nitrogens is 3. The number of benzene rings is 2. The van der Waals surface area contributed by atoms with Crippen LogP contribution in [0, 0.1) is 21.0 Å². The quantitative estimate of drug-likeness (QED) is 0.179. The van der Waals surface area contributed by atoms with E-state index in [9.17, 15) is 19.7 Å². The highest BCUT2D eigenvalue weighted by molar-refractivity contribution is 7.73. The molecule has 180 valence electrons. The van der Waals surface area contributed by atoms with Crippen molar-refractivity contribution in [1.82, 2.24) is 13.9 Å². The molecule has 5 aromatic rings. The van der Waals surface area contributed by atoms with Crippen LogP contribution in [0.3, 0.4) is 0 Å². The van der Waals surface area contributed by atoms with Crippen molar-refractivity contribution in [3.63, 3.8) is 0 Å². The van der Waals surface area contributed by atoms with Gasteiger partial charge in [0, 0.05) is 30.8 Å². The lowest BCUT2D eigenvalue weighted by molar-refractivity contribution is -0.384. The molecule has 0 aliphatic rings. The molecule has 0 fully saturated rings. The molecule has 36 heavy (non-hydrogen) atoms. The van der Waals surface area contributed by atoms with E-state index >= 15 is 0 Å². The Balaban J connectivity index is 1.56. The maximum atomic E-state index is 13.4. The van der Waals surface area contributed by atoms with Crippen molar-refractivity contribution >= 4 is 29.2 Å². The minimum atomic E-state index is -0.470. The highest BCUT2D eigenvalue weighted by atomic mass is 32.1. The molecule has 5 rings (SSSR count). The highest BCUT2D eigenvalue weighted by Gasteiger charge is 2.21. The molecule has 0 saturated carbocycles. The first-order valence-corrected chi connectivity index (χ1v) is 12.0. The molecule has 2 aromatic carbocycles. The smallest absolute Gasteiger partial charge is 0.296 e. The number of nitro groups is 1. The van der Waals surface area contributed by atoms with Gasteiger partial charge in [0.15, 0.2) is 3.95 Å². The molecule has 9 nitrogen and oxygen atoms in total. The van der Waals surface area contributed by atoms with Gasteiger partial charge >= 0.3 is 0 Å². The average Bonchev–Trinajstić information content (AvgIpc) is 3.44. The molecule has 0 unspecified atom stereocenters. The Morgan fingerprint density at radius 1 is 0.972 bits per heavy atom. The molecular weight excluding hydrogens is 500 g/mol. The van der Waals surface area contributed by atoms with Gasteiger partial charge in [-0.1, -0.05) is 18.2 Å². The van der Waals surface area contributed by atoms with Crippen molar-refractivity contribution in [3.8, 4) is 33.3 Å². The number of nitrogens with zero attached hydrogens (tertiary/aromatic N) is 4. The summed E-state index contributed by atoms with van der Waals surface area (Å²) in [7, 11) is 1.75. The van der Waals surface area contributed by atoms with E-state index in [0.29, 0.717) is 33.3 Å². The van der Waals surface area contributed by atoms with Crippen molar-refractivity contribution in [2.45, 2.75) is 6.92 Å². The molecule has 0 spiro atoms. The lowest BCUT2D eigenvalue weighted by atomic mass is 10.1. The van der Waals surface area contributed by atoms with E-state index in [-0.39, 0.29) is 20.9 Å². The van der Waals surface area contributed by atoms with E-state index in [1.807, 2.05) is 30.3 Å². The third-order valence-electron chi connectivity index (χ3n) is 5.81. The summed E-state index contributed by atoms with van der Waals surface area (Å²) in [6, 6.07) is 19.9. The number of non-ortho nitro benzene ring substituents is 1. The van der Waals surface area contributed by atoms with Gasteiger partial charge in [-0.05, 0) is 55.5 Å². The first-order chi connectivity index (χ1) is 17.3. The third kappa shape index (κ3) is 3.93. The fraction of sp³-hybridized carbons (Fsp3) is 0.0800. The van der Waals surface area contributed by atoms with Crippen LogP contribution in [0.4, 0.5) is 5.69 Å². The van der Waals surface area contributed by atoms with Crippen molar-refractivity contribution in [2.75, 3.05) is 0 Å². The summed E-state index contributed by atoms with van der Waals surface area (Å²) in [6.07, 6.45) is 0. The first-order valence-electron chi connectivity index (χ1n) is 10.7. The standard InChI is InChI=1S/C25H18N4O5S2/c1-15-23(24(31)28(26(15)2)17-6-4-3-5-7-17)27-22(30)14-21(36-25(27)35)20-13-12-19(34-20)16-8-10-18(11-9-16)29(32)33/h3-14H,1-2H3. The van der Waals surface area contributed by atoms with Gasteiger partial charge in [-0.2, -0.15) is 0 Å². The lowest BCUT2D eigenvalue weighted by Crippen LogP contribution is -2.26. The average molecular weight is 519 g/mol. The monoisotopic (exact) mass is 518 g/mol. The highest BCUT2D eigenvalue weighted by Crippen LogP contribution is 2.31. The minimum Gasteiger partial charge on any atom is -0.455 e. The SMILES string of the molecule is Cc1c(-n2c(=O)cc(-c3ccc(-c4ccc([N+](=O)[O-])cc4)o3)sc2=S)c(=O)n(-c2ccccc2)n1C. The van der Waals surface area contributed by atoms with Crippen LogP contribution in [0.1, 0.15) is 5.69 Å². The van der Waals surface area contributed by atoms with Crippen LogP contribution in [-0.2, 0) is 7.05 Å². The summed E-state index contributed by atoms with van der Waals surface area (Å²) in [4.78, 5) is 37.5. The summed E-state index contributed by atoms with van der Waals surface area (Å²) in [5, 5.41) is 10.9. The second-order valence-corrected chi connectivity index (χ2v) is 9.60. The van der Waals surface area contributed by atoms with Crippen LogP contribution in [0.5, 0.6) is 0 Å². The second kappa shape index (κ2) is 9.02. The third-order valence-corrected chi connectivity index (χ3v) is 7.14. The predicted molar refractivity (Wildman–Crippen MR) is 140 cm³/mol. The van der Waals surface area contributed by atoms with Crippen molar-refractivity contribution in [2.24, 2.45) is 7.05 Å². The fourth-order valence-electron chi connectivity index (χ4n) is 3.94.